The molecule has 0 fully saturated rings. The van der Waals surface area contributed by atoms with Crippen LogP contribution in [-0.2, 0) is 6.61 Å². The zero-order chi connectivity index (χ0) is 14.8. The zero-order valence-electron chi connectivity index (χ0n) is 10.9. The van der Waals surface area contributed by atoms with Gasteiger partial charge in [0.05, 0.1) is 0 Å². The Kier molecular flexibility index (Phi) is 3.81. The number of nitrogens with zero attached hydrogens (tertiary/aromatic N) is 3. The van der Waals surface area contributed by atoms with E-state index >= 15 is 0 Å². The van der Waals surface area contributed by atoms with Gasteiger partial charge in [-0.1, -0.05) is 34.1 Å². The average molecular weight is 348 g/mol. The van der Waals surface area contributed by atoms with Crippen LogP contribution in [-0.4, -0.2) is 19.9 Å². The van der Waals surface area contributed by atoms with Gasteiger partial charge >= 0.3 is 0 Å². The first-order chi connectivity index (χ1) is 10.2. The number of hydrogen-bond donors (Lipinski definition) is 1. The van der Waals surface area contributed by atoms with Gasteiger partial charge in [0.15, 0.2) is 11.6 Å². The Morgan fingerprint density at radius 3 is 2.57 bits per heavy atom. The normalized spacial score (nSPS) is 10.8. The van der Waals surface area contributed by atoms with E-state index in [-0.39, 0.29) is 12.4 Å². The molecule has 0 atom stereocenters. The fraction of sp³-hybridized carbons (Fsp3) is 0.0667. The van der Waals surface area contributed by atoms with Gasteiger partial charge in [0, 0.05) is 15.7 Å². The smallest absolute Gasteiger partial charge is 0.169 e. The first kappa shape index (κ1) is 13.9. The molecule has 0 spiro atoms. The summed E-state index contributed by atoms with van der Waals surface area (Å²) in [7, 11) is 0. The molecule has 0 aliphatic carbocycles. The van der Waals surface area contributed by atoms with Crippen molar-refractivity contribution in [3.8, 4) is 17.1 Å². The van der Waals surface area contributed by atoms with Gasteiger partial charge in [0.2, 0.25) is 0 Å². The monoisotopic (exact) mass is 347 g/mol. The van der Waals surface area contributed by atoms with E-state index in [1.807, 2.05) is 30.3 Å². The molecule has 0 amide bonds. The van der Waals surface area contributed by atoms with Crippen LogP contribution < -0.4 is 0 Å². The maximum atomic E-state index is 13.5. The second kappa shape index (κ2) is 5.75. The van der Waals surface area contributed by atoms with E-state index in [9.17, 15) is 9.50 Å². The van der Waals surface area contributed by atoms with Crippen LogP contribution in [0.5, 0.6) is 0 Å². The standard InChI is InChI=1S/C15H11BrFN3O/c16-13-7-6-10(17)8-12(13)15-19-18-14(9-21)20(15)11-4-2-1-3-5-11/h1-8,21H,9H2. The van der Waals surface area contributed by atoms with Gasteiger partial charge in [0.25, 0.3) is 0 Å². The van der Waals surface area contributed by atoms with Gasteiger partial charge in [0.1, 0.15) is 12.4 Å². The number of hydrogen-bond acceptors (Lipinski definition) is 3. The number of aromatic nitrogens is 3. The molecule has 1 N–H and O–H groups in total. The fourth-order valence-corrected chi connectivity index (χ4v) is 2.53. The van der Waals surface area contributed by atoms with Crippen LogP contribution in [0.2, 0.25) is 0 Å². The maximum absolute atomic E-state index is 13.5. The molecule has 2 aromatic carbocycles. The third-order valence-corrected chi connectivity index (χ3v) is 3.75. The summed E-state index contributed by atoms with van der Waals surface area (Å²) in [6.45, 7) is -0.255. The molecule has 0 aliphatic heterocycles. The third-order valence-electron chi connectivity index (χ3n) is 3.06. The molecule has 1 heterocycles. The highest BCUT2D eigenvalue weighted by Crippen LogP contribution is 2.30. The molecule has 3 rings (SSSR count). The molecule has 0 aliphatic rings. The van der Waals surface area contributed by atoms with Crippen LogP contribution in [0.1, 0.15) is 5.82 Å². The number of rotatable bonds is 3. The highest BCUT2D eigenvalue weighted by Gasteiger charge is 2.17. The van der Waals surface area contributed by atoms with Gasteiger partial charge in [-0.3, -0.25) is 4.57 Å². The van der Waals surface area contributed by atoms with Crippen molar-refractivity contribution in [1.29, 1.82) is 0 Å². The molecule has 0 saturated carbocycles. The van der Waals surface area contributed by atoms with Crippen LogP contribution in [0.25, 0.3) is 17.1 Å². The lowest BCUT2D eigenvalue weighted by Crippen LogP contribution is -2.03. The van der Waals surface area contributed by atoms with Crippen LogP contribution >= 0.6 is 15.9 Å². The van der Waals surface area contributed by atoms with E-state index in [1.165, 1.54) is 12.1 Å². The topological polar surface area (TPSA) is 50.9 Å². The molecule has 0 saturated heterocycles. The number of para-hydroxylation sites is 1. The van der Waals surface area contributed by atoms with Crippen molar-refractivity contribution in [1.82, 2.24) is 14.8 Å². The maximum Gasteiger partial charge on any atom is 0.169 e. The third kappa shape index (κ3) is 2.59. The first-order valence-electron chi connectivity index (χ1n) is 6.26. The fourth-order valence-electron chi connectivity index (χ4n) is 2.11. The van der Waals surface area contributed by atoms with Crippen molar-refractivity contribution in [3.63, 3.8) is 0 Å². The van der Waals surface area contributed by atoms with Gasteiger partial charge in [-0.2, -0.15) is 0 Å². The first-order valence-corrected chi connectivity index (χ1v) is 7.06. The van der Waals surface area contributed by atoms with E-state index in [0.29, 0.717) is 21.7 Å². The SMILES string of the molecule is OCc1nnc(-c2cc(F)ccc2Br)n1-c1ccccc1. The Morgan fingerprint density at radius 2 is 1.86 bits per heavy atom. The molecule has 0 radical (unpaired) electrons. The molecule has 0 bridgehead atoms. The highest BCUT2D eigenvalue weighted by atomic mass is 79.9. The second-order valence-corrected chi connectivity index (χ2v) is 5.25. The van der Waals surface area contributed by atoms with Crippen LogP contribution in [0.4, 0.5) is 4.39 Å². The Bertz CT molecular complexity index is 774. The van der Waals surface area contributed by atoms with E-state index in [2.05, 4.69) is 26.1 Å². The minimum atomic E-state index is -0.360. The van der Waals surface area contributed by atoms with Gasteiger partial charge in [-0.15, -0.1) is 10.2 Å². The number of benzene rings is 2. The van der Waals surface area contributed by atoms with E-state index in [1.54, 1.807) is 10.6 Å². The Morgan fingerprint density at radius 1 is 1.10 bits per heavy atom. The summed E-state index contributed by atoms with van der Waals surface area (Å²) in [5.74, 6) is 0.505. The summed E-state index contributed by atoms with van der Waals surface area (Å²) in [5, 5.41) is 17.5. The molecule has 1 aromatic heterocycles. The summed E-state index contributed by atoms with van der Waals surface area (Å²) in [6.07, 6.45) is 0. The molecule has 6 heteroatoms. The van der Waals surface area contributed by atoms with Crippen LogP contribution in [0.15, 0.2) is 53.0 Å². The molecule has 4 nitrogen and oxygen atoms in total. The predicted molar refractivity (Wildman–Crippen MR) is 80.4 cm³/mol. The largest absolute Gasteiger partial charge is 0.388 e. The Hall–Kier alpha value is -2.05. The zero-order valence-corrected chi connectivity index (χ0v) is 12.5. The Balaban J connectivity index is 2.25. The second-order valence-electron chi connectivity index (χ2n) is 4.39. The van der Waals surface area contributed by atoms with Gasteiger partial charge < -0.3 is 5.11 Å². The van der Waals surface area contributed by atoms with Crippen molar-refractivity contribution in [3.05, 3.63) is 64.6 Å². The summed E-state index contributed by atoms with van der Waals surface area (Å²) >= 11 is 3.39. The summed E-state index contributed by atoms with van der Waals surface area (Å²) in [4.78, 5) is 0. The van der Waals surface area contributed by atoms with E-state index in [0.717, 1.165) is 5.69 Å². The molecular formula is C15H11BrFN3O. The average Bonchev–Trinajstić information content (AvgIpc) is 2.94. The van der Waals surface area contributed by atoms with Crippen LogP contribution in [0.3, 0.4) is 0 Å². The highest BCUT2D eigenvalue weighted by molar-refractivity contribution is 9.10. The lowest BCUT2D eigenvalue weighted by molar-refractivity contribution is 0.269. The molecule has 0 unspecified atom stereocenters. The number of halogens is 2. The quantitative estimate of drug-likeness (QED) is 0.790. The molecule has 3 aromatic rings. The van der Waals surface area contributed by atoms with Gasteiger partial charge in [-0.05, 0) is 30.3 Å². The van der Waals surface area contributed by atoms with Crippen molar-refractivity contribution in [2.45, 2.75) is 6.61 Å². The molecule has 106 valence electrons. The van der Waals surface area contributed by atoms with Crippen molar-refractivity contribution in [2.75, 3.05) is 0 Å². The summed E-state index contributed by atoms with van der Waals surface area (Å²) in [6, 6.07) is 13.8. The van der Waals surface area contributed by atoms with Crippen molar-refractivity contribution < 1.29 is 9.50 Å². The molecule has 21 heavy (non-hydrogen) atoms. The lowest BCUT2D eigenvalue weighted by atomic mass is 10.2. The van der Waals surface area contributed by atoms with Gasteiger partial charge in [-0.25, -0.2) is 4.39 Å². The summed E-state index contributed by atoms with van der Waals surface area (Å²) < 4.78 is 15.9. The Labute approximate surface area is 129 Å². The minimum absolute atomic E-state index is 0.255. The minimum Gasteiger partial charge on any atom is -0.388 e. The van der Waals surface area contributed by atoms with E-state index in [4.69, 9.17) is 0 Å². The lowest BCUT2D eigenvalue weighted by Gasteiger charge is -2.10. The number of aliphatic hydroxyl groups excluding tert-OH is 1. The predicted octanol–water partition coefficient (Wildman–Crippen LogP) is 3.33. The van der Waals surface area contributed by atoms with Crippen molar-refractivity contribution >= 4 is 15.9 Å². The molecular weight excluding hydrogens is 337 g/mol. The summed E-state index contributed by atoms with van der Waals surface area (Å²) in [5.41, 5.74) is 1.38. The van der Waals surface area contributed by atoms with Crippen LogP contribution in [0, 0.1) is 5.82 Å². The van der Waals surface area contributed by atoms with E-state index < -0.39 is 0 Å². The number of aliphatic hydroxyl groups is 1. The van der Waals surface area contributed by atoms with Crippen molar-refractivity contribution in [2.24, 2.45) is 0 Å².